The predicted octanol–water partition coefficient (Wildman–Crippen LogP) is 5.87. The lowest BCUT2D eigenvalue weighted by Crippen LogP contribution is -2.41. The molecule has 1 aromatic carbocycles. The molecule has 1 aliphatic rings. The maximum atomic E-state index is 12.1. The molecule has 1 N–H and O–H groups in total. The Morgan fingerprint density at radius 2 is 2.00 bits per heavy atom. The lowest BCUT2D eigenvalue weighted by Gasteiger charge is -2.29. The number of thiazole rings is 1. The first-order valence-corrected chi connectivity index (χ1v) is 13.4. The van der Waals surface area contributed by atoms with Crippen molar-refractivity contribution in [1.29, 1.82) is 0 Å². The van der Waals surface area contributed by atoms with Gasteiger partial charge in [-0.2, -0.15) is 0 Å². The van der Waals surface area contributed by atoms with Gasteiger partial charge >= 0.3 is 5.97 Å². The number of carboxylic acid groups (broad SMARTS) is 1. The van der Waals surface area contributed by atoms with Gasteiger partial charge in [0, 0.05) is 35.4 Å². The summed E-state index contributed by atoms with van der Waals surface area (Å²) in [6.45, 7) is 14.7. The quantitative estimate of drug-likeness (QED) is 0.389. The fourth-order valence-corrected chi connectivity index (χ4v) is 5.54. The average Bonchev–Trinajstić information content (AvgIpc) is 3.43. The van der Waals surface area contributed by atoms with E-state index < -0.39 is 17.6 Å². The molecule has 0 radical (unpaired) electrons. The molecule has 1 saturated heterocycles. The van der Waals surface area contributed by atoms with Crippen LogP contribution < -0.4 is 9.47 Å². The highest BCUT2D eigenvalue weighted by Crippen LogP contribution is 2.40. The zero-order valence-corrected chi connectivity index (χ0v) is 23.7. The van der Waals surface area contributed by atoms with E-state index in [1.807, 2.05) is 57.7 Å². The van der Waals surface area contributed by atoms with Crippen LogP contribution in [0.5, 0.6) is 11.5 Å². The summed E-state index contributed by atoms with van der Waals surface area (Å²) in [7, 11) is 1.64. The number of rotatable bonds is 8. The third kappa shape index (κ3) is 5.89. The molecular weight excluding hydrogens is 490 g/mol. The molecule has 3 heterocycles. The molecule has 0 spiro atoms. The molecule has 0 saturated carbocycles. The second-order valence-corrected chi connectivity index (χ2v) is 12.1. The summed E-state index contributed by atoms with van der Waals surface area (Å²) >= 11 is 1.56. The van der Waals surface area contributed by atoms with Crippen molar-refractivity contribution in [3.63, 3.8) is 0 Å². The van der Waals surface area contributed by atoms with Crippen LogP contribution in [0.25, 0.3) is 21.6 Å². The van der Waals surface area contributed by atoms with Crippen LogP contribution in [0.15, 0.2) is 23.6 Å². The number of hydrogen-bond donors (Lipinski definition) is 1. The third-order valence-electron chi connectivity index (χ3n) is 6.61. The van der Waals surface area contributed by atoms with E-state index in [4.69, 9.17) is 24.2 Å². The van der Waals surface area contributed by atoms with Crippen molar-refractivity contribution in [3.05, 3.63) is 34.8 Å². The molecular formula is C28H37N3O5S. The first-order valence-electron chi connectivity index (χ1n) is 12.5. The summed E-state index contributed by atoms with van der Waals surface area (Å²) in [6.07, 6.45) is 0.332. The van der Waals surface area contributed by atoms with E-state index >= 15 is 0 Å². The van der Waals surface area contributed by atoms with E-state index in [9.17, 15) is 9.90 Å². The van der Waals surface area contributed by atoms with E-state index in [2.05, 4.69) is 19.2 Å². The van der Waals surface area contributed by atoms with Gasteiger partial charge < -0.3 is 19.3 Å². The van der Waals surface area contributed by atoms with Crippen LogP contribution in [0.1, 0.15) is 65.1 Å². The Kier molecular flexibility index (Phi) is 7.52. The van der Waals surface area contributed by atoms with Crippen molar-refractivity contribution in [2.24, 2.45) is 0 Å². The minimum atomic E-state index is -0.880. The Hall–Kier alpha value is -2.75. The Balaban J connectivity index is 1.75. The van der Waals surface area contributed by atoms with Crippen LogP contribution in [0, 0.1) is 6.92 Å². The molecule has 2 aromatic heterocycles. The molecule has 37 heavy (non-hydrogen) atoms. The Morgan fingerprint density at radius 3 is 2.59 bits per heavy atom. The molecule has 0 bridgehead atoms. The smallest absolute Gasteiger partial charge is 0.321 e. The van der Waals surface area contributed by atoms with Gasteiger partial charge in [0.25, 0.3) is 0 Å². The topological polar surface area (TPSA) is 94.0 Å². The number of hydrogen-bond acceptors (Lipinski definition) is 8. The van der Waals surface area contributed by atoms with Crippen LogP contribution in [-0.2, 0) is 9.53 Å². The van der Waals surface area contributed by atoms with E-state index in [0.717, 1.165) is 38.6 Å². The van der Waals surface area contributed by atoms with E-state index in [1.54, 1.807) is 18.4 Å². The molecule has 4 rings (SSSR count). The average molecular weight is 528 g/mol. The molecule has 9 heteroatoms. The molecule has 3 aromatic rings. The summed E-state index contributed by atoms with van der Waals surface area (Å²) < 4.78 is 18.2. The summed E-state index contributed by atoms with van der Waals surface area (Å²) in [5.74, 6) is 0.829. The molecule has 0 aliphatic carbocycles. The highest BCUT2D eigenvalue weighted by atomic mass is 32.1. The first-order chi connectivity index (χ1) is 17.3. The van der Waals surface area contributed by atoms with Crippen LogP contribution in [0.3, 0.4) is 0 Å². The number of pyridine rings is 1. The number of likely N-dealkylation sites (tertiary alicyclic amines) is 1. The molecule has 0 amide bonds. The second-order valence-electron chi connectivity index (χ2n) is 11.3. The second kappa shape index (κ2) is 10.2. The highest BCUT2D eigenvalue weighted by Gasteiger charge is 2.46. The summed E-state index contributed by atoms with van der Waals surface area (Å²) in [6, 6.07) is 5.08. The van der Waals surface area contributed by atoms with Crippen molar-refractivity contribution in [2.75, 3.05) is 20.4 Å². The Bertz CT molecular complexity index is 1300. The number of carbonyl (C=O) groups is 1. The predicted molar refractivity (Wildman–Crippen MR) is 146 cm³/mol. The largest absolute Gasteiger partial charge is 0.496 e. The fourth-order valence-electron chi connectivity index (χ4n) is 4.60. The molecule has 1 aliphatic heterocycles. The maximum absolute atomic E-state index is 12.1. The number of nitrogens with zero attached hydrogens (tertiary/aromatic N) is 3. The van der Waals surface area contributed by atoms with E-state index in [-0.39, 0.29) is 12.3 Å². The summed E-state index contributed by atoms with van der Waals surface area (Å²) in [4.78, 5) is 23.7. The summed E-state index contributed by atoms with van der Waals surface area (Å²) in [5, 5.41) is 13.7. The van der Waals surface area contributed by atoms with Crippen molar-refractivity contribution in [2.45, 2.75) is 78.0 Å². The fraction of sp³-hybridized carbons (Fsp3) is 0.536. The number of carboxylic acids is 1. The van der Waals surface area contributed by atoms with Crippen molar-refractivity contribution in [3.8, 4) is 22.2 Å². The van der Waals surface area contributed by atoms with Crippen molar-refractivity contribution in [1.82, 2.24) is 14.9 Å². The van der Waals surface area contributed by atoms with Crippen LogP contribution in [0.2, 0.25) is 0 Å². The lowest BCUT2D eigenvalue weighted by atomic mass is 10.0. The lowest BCUT2D eigenvalue weighted by molar-refractivity contribution is -0.146. The number of methoxy groups -OCH3 is 1. The molecule has 2 atom stereocenters. The van der Waals surface area contributed by atoms with Crippen LogP contribution in [0.4, 0.5) is 0 Å². The first kappa shape index (κ1) is 27.3. The van der Waals surface area contributed by atoms with Gasteiger partial charge in [0.05, 0.1) is 23.9 Å². The van der Waals surface area contributed by atoms with Gasteiger partial charge in [0.2, 0.25) is 0 Å². The van der Waals surface area contributed by atoms with Gasteiger partial charge in [-0.15, -0.1) is 11.3 Å². The number of fused-ring (bicyclic) bond motifs is 1. The molecule has 2 unspecified atom stereocenters. The van der Waals surface area contributed by atoms with Crippen molar-refractivity contribution < 1.29 is 24.1 Å². The van der Waals surface area contributed by atoms with Crippen LogP contribution >= 0.6 is 11.3 Å². The zero-order valence-electron chi connectivity index (χ0n) is 22.9. The van der Waals surface area contributed by atoms with E-state index in [0.29, 0.717) is 24.6 Å². The SMILES string of the molecule is COc1ccc2c(OC3(C)CC(C(=O)O)N(COC(C)(C)C)C3)cc(-c3nc(C(C)C)cs3)nc2c1C. The zero-order chi connectivity index (χ0) is 27.1. The molecule has 200 valence electrons. The molecule has 8 nitrogen and oxygen atoms in total. The Morgan fingerprint density at radius 1 is 1.27 bits per heavy atom. The number of benzene rings is 1. The van der Waals surface area contributed by atoms with Crippen LogP contribution in [-0.4, -0.2) is 63.6 Å². The van der Waals surface area contributed by atoms with Gasteiger partial charge in [-0.25, -0.2) is 9.97 Å². The van der Waals surface area contributed by atoms with Gasteiger partial charge in [-0.1, -0.05) is 13.8 Å². The number of aliphatic carboxylic acids is 1. The molecule has 1 fully saturated rings. The van der Waals surface area contributed by atoms with Crippen molar-refractivity contribution >= 4 is 28.2 Å². The van der Waals surface area contributed by atoms with Gasteiger partial charge in [0.15, 0.2) is 0 Å². The van der Waals surface area contributed by atoms with E-state index in [1.165, 1.54) is 0 Å². The minimum Gasteiger partial charge on any atom is -0.496 e. The standard InChI is InChI=1S/C28H37N3O5S/c1-16(2)20-13-37-25(30-20)19-11-23(18-9-10-22(34-8)17(3)24(18)29-19)36-28(7)12-21(26(32)33)31(14-28)15-35-27(4,5)6/h9-11,13,16,21H,12,14-15H2,1-8H3,(H,32,33). The number of ether oxygens (including phenoxy) is 3. The van der Waals surface area contributed by atoms with Gasteiger partial charge in [-0.05, 0) is 52.7 Å². The highest BCUT2D eigenvalue weighted by molar-refractivity contribution is 7.13. The van der Waals surface area contributed by atoms with Gasteiger partial charge in [0.1, 0.15) is 40.6 Å². The maximum Gasteiger partial charge on any atom is 0.321 e. The monoisotopic (exact) mass is 527 g/mol. The Labute approximate surface area is 222 Å². The normalized spacial score (nSPS) is 20.6. The third-order valence-corrected chi connectivity index (χ3v) is 7.49. The summed E-state index contributed by atoms with van der Waals surface area (Å²) in [5.41, 5.74) is 2.31. The number of aromatic nitrogens is 2. The van der Waals surface area contributed by atoms with Gasteiger partial charge in [-0.3, -0.25) is 9.69 Å². The number of aryl methyl sites for hydroxylation is 1. The minimum absolute atomic E-state index is 0.217.